The summed E-state index contributed by atoms with van der Waals surface area (Å²) in [6, 6.07) is 18.8. The van der Waals surface area contributed by atoms with Gasteiger partial charge in [0.1, 0.15) is 5.75 Å². The molecule has 3 heterocycles. The number of hydrogen-bond acceptors (Lipinski definition) is 8. The second-order valence-electron chi connectivity index (χ2n) is 11.1. The minimum Gasteiger partial charge on any atom is -0.497 e. The molecule has 1 aromatic heterocycles. The van der Waals surface area contributed by atoms with Crippen molar-refractivity contribution in [2.24, 2.45) is 5.92 Å². The average Bonchev–Trinajstić information content (AvgIpc) is 3.53. The number of carbonyl (C=O) groups excluding carboxylic acids is 1. The molecule has 1 fully saturated rings. The quantitative estimate of drug-likeness (QED) is 0.247. The van der Waals surface area contributed by atoms with Gasteiger partial charge in [0.25, 0.3) is 0 Å². The van der Waals surface area contributed by atoms with E-state index in [9.17, 15) is 13.2 Å². The molecule has 0 spiro atoms. The maximum atomic E-state index is 13.6. The van der Waals surface area contributed by atoms with Crippen LogP contribution in [0.2, 0.25) is 0 Å². The van der Waals surface area contributed by atoms with Crippen molar-refractivity contribution in [1.82, 2.24) is 15.0 Å². The number of benzene rings is 3. The lowest BCUT2D eigenvalue weighted by atomic mass is 9.93. The van der Waals surface area contributed by atoms with E-state index in [4.69, 9.17) is 14.2 Å². The summed E-state index contributed by atoms with van der Waals surface area (Å²) < 4.78 is 46.2. The molecule has 0 saturated carbocycles. The van der Waals surface area contributed by atoms with Crippen molar-refractivity contribution in [2.45, 2.75) is 36.6 Å². The van der Waals surface area contributed by atoms with Crippen molar-refractivity contribution in [2.75, 3.05) is 38.4 Å². The molecular weight excluding hydrogens is 580 g/mol. The van der Waals surface area contributed by atoms with Crippen molar-refractivity contribution in [3.63, 3.8) is 0 Å². The zero-order chi connectivity index (χ0) is 30.5. The normalized spacial score (nSPS) is 15.7. The molecule has 1 saturated heterocycles. The summed E-state index contributed by atoms with van der Waals surface area (Å²) in [4.78, 5) is 19.7. The topological polar surface area (TPSA) is 119 Å². The number of rotatable bonds is 11. The zero-order valence-electron chi connectivity index (χ0n) is 24.6. The highest BCUT2D eigenvalue weighted by atomic mass is 32.2. The second-order valence-corrected chi connectivity index (χ2v) is 12.9. The molecule has 230 valence electrons. The number of sulfonamides is 1. The number of nitrogens with zero attached hydrogens (tertiary/aromatic N) is 2. The van der Waals surface area contributed by atoms with E-state index in [2.05, 4.69) is 19.9 Å². The van der Waals surface area contributed by atoms with Gasteiger partial charge in [0.05, 0.1) is 18.0 Å². The van der Waals surface area contributed by atoms with E-state index in [0.29, 0.717) is 35.3 Å². The molecule has 44 heavy (non-hydrogen) atoms. The largest absolute Gasteiger partial charge is 0.497 e. The maximum Gasteiger partial charge on any atom is 0.241 e. The van der Waals surface area contributed by atoms with Crippen LogP contribution in [0.3, 0.4) is 0 Å². The highest BCUT2D eigenvalue weighted by Gasteiger charge is 2.27. The van der Waals surface area contributed by atoms with Gasteiger partial charge in [-0.2, -0.15) is 0 Å². The Morgan fingerprint density at radius 3 is 2.52 bits per heavy atom. The van der Waals surface area contributed by atoms with Gasteiger partial charge in [-0.3, -0.25) is 9.78 Å². The van der Waals surface area contributed by atoms with Gasteiger partial charge in [-0.05, 0) is 90.0 Å². The van der Waals surface area contributed by atoms with Crippen LogP contribution >= 0.6 is 0 Å². The smallest absolute Gasteiger partial charge is 0.241 e. The SMILES string of the molecule is COc1ccc2cc(S(=O)(=O)NC(CC(=O)NCCC3CCN(c4ccncc4)CC3)c3ccc4c(c3)OCO4)ccc2c1. The molecule has 6 rings (SSSR count). The predicted octanol–water partition coefficient (Wildman–Crippen LogP) is 4.80. The fourth-order valence-corrected chi connectivity index (χ4v) is 7.08. The number of nitrogens with one attached hydrogen (secondary N) is 2. The molecule has 2 N–H and O–H groups in total. The summed E-state index contributed by atoms with van der Waals surface area (Å²) in [7, 11) is -2.39. The van der Waals surface area contributed by atoms with Crippen LogP contribution in [0.4, 0.5) is 5.69 Å². The summed E-state index contributed by atoms with van der Waals surface area (Å²) in [5.74, 6) is 2.08. The Bertz CT molecular complexity index is 1730. The van der Waals surface area contributed by atoms with Gasteiger partial charge in [-0.25, -0.2) is 13.1 Å². The molecule has 2 aliphatic heterocycles. The monoisotopic (exact) mass is 616 g/mol. The molecule has 11 heteroatoms. The fraction of sp³-hybridized carbons (Fsp3) is 0.333. The summed E-state index contributed by atoms with van der Waals surface area (Å²) in [6.45, 7) is 2.57. The van der Waals surface area contributed by atoms with E-state index in [-0.39, 0.29) is 24.0 Å². The standard InChI is InChI=1S/C33H36N4O6S/c1-41-28-5-2-25-19-29(6-3-24(25)18-28)44(39,40)36-30(26-4-7-31-32(20-26)43-22-42-31)21-33(38)35-15-8-23-11-16-37(17-12-23)27-9-13-34-14-10-27/h2-7,9-10,13-14,18-20,23,30,36H,8,11-12,15-17,21-22H2,1H3,(H,35,38). The first-order valence-electron chi connectivity index (χ1n) is 14.8. The van der Waals surface area contributed by atoms with Crippen LogP contribution in [0.5, 0.6) is 17.2 Å². The van der Waals surface area contributed by atoms with Crippen molar-refractivity contribution < 1.29 is 27.4 Å². The lowest BCUT2D eigenvalue weighted by molar-refractivity contribution is -0.121. The van der Waals surface area contributed by atoms with Gasteiger partial charge in [0.2, 0.25) is 22.7 Å². The third kappa shape index (κ3) is 6.89. The third-order valence-electron chi connectivity index (χ3n) is 8.33. The van der Waals surface area contributed by atoms with Gasteiger partial charge in [-0.15, -0.1) is 0 Å². The Labute approximate surface area is 257 Å². The molecule has 1 atom stereocenters. The molecule has 2 aliphatic rings. The average molecular weight is 617 g/mol. The summed E-state index contributed by atoms with van der Waals surface area (Å²) in [5, 5.41) is 4.64. The Hall–Kier alpha value is -4.35. The van der Waals surface area contributed by atoms with E-state index in [1.807, 2.05) is 36.7 Å². The number of piperidine rings is 1. The van der Waals surface area contributed by atoms with Crippen LogP contribution < -0.4 is 29.1 Å². The zero-order valence-corrected chi connectivity index (χ0v) is 25.4. The number of anilines is 1. The Balaban J connectivity index is 1.11. The van der Waals surface area contributed by atoms with E-state index in [1.165, 1.54) is 5.69 Å². The van der Waals surface area contributed by atoms with Crippen LogP contribution in [0.15, 0.2) is 84.0 Å². The highest BCUT2D eigenvalue weighted by molar-refractivity contribution is 7.89. The number of ether oxygens (including phenoxy) is 3. The summed E-state index contributed by atoms with van der Waals surface area (Å²) in [6.07, 6.45) is 6.54. The van der Waals surface area contributed by atoms with E-state index in [0.717, 1.165) is 43.1 Å². The fourth-order valence-electron chi connectivity index (χ4n) is 5.82. The molecule has 0 bridgehead atoms. The van der Waals surface area contributed by atoms with Gasteiger partial charge in [0.15, 0.2) is 11.5 Å². The third-order valence-corrected chi connectivity index (χ3v) is 9.80. The first-order chi connectivity index (χ1) is 21.4. The minimum atomic E-state index is -3.98. The van der Waals surface area contributed by atoms with Crippen molar-refractivity contribution in [3.05, 3.63) is 84.7 Å². The van der Waals surface area contributed by atoms with E-state index < -0.39 is 16.1 Å². The Kier molecular flexibility index (Phi) is 8.85. The molecule has 0 radical (unpaired) electrons. The Morgan fingerprint density at radius 2 is 1.73 bits per heavy atom. The number of aromatic nitrogens is 1. The van der Waals surface area contributed by atoms with Gasteiger partial charge in [0, 0.05) is 44.1 Å². The molecule has 4 aromatic rings. The number of hydrogen-bond donors (Lipinski definition) is 2. The lowest BCUT2D eigenvalue weighted by Crippen LogP contribution is -2.36. The van der Waals surface area contributed by atoms with E-state index in [1.54, 1.807) is 49.6 Å². The molecule has 1 amide bonds. The summed E-state index contributed by atoms with van der Waals surface area (Å²) in [5.41, 5.74) is 1.80. The van der Waals surface area contributed by atoms with Crippen LogP contribution in [0.1, 0.15) is 37.3 Å². The van der Waals surface area contributed by atoms with Crippen molar-refractivity contribution in [1.29, 1.82) is 0 Å². The first-order valence-corrected chi connectivity index (χ1v) is 16.3. The predicted molar refractivity (Wildman–Crippen MR) is 168 cm³/mol. The number of amides is 1. The minimum absolute atomic E-state index is 0.0653. The van der Waals surface area contributed by atoms with Crippen LogP contribution in [-0.2, 0) is 14.8 Å². The Morgan fingerprint density at radius 1 is 0.977 bits per heavy atom. The van der Waals surface area contributed by atoms with Gasteiger partial charge >= 0.3 is 0 Å². The van der Waals surface area contributed by atoms with Crippen molar-refractivity contribution in [3.8, 4) is 17.2 Å². The van der Waals surface area contributed by atoms with Crippen molar-refractivity contribution >= 4 is 32.4 Å². The first kappa shape index (κ1) is 29.7. The molecular formula is C33H36N4O6S. The lowest BCUT2D eigenvalue weighted by Gasteiger charge is -2.33. The van der Waals surface area contributed by atoms with Crippen LogP contribution in [-0.4, -0.2) is 52.8 Å². The second kappa shape index (κ2) is 13.1. The molecule has 0 aliphatic carbocycles. The number of fused-ring (bicyclic) bond motifs is 2. The molecule has 3 aromatic carbocycles. The van der Waals surface area contributed by atoms with Gasteiger partial charge in [-0.1, -0.05) is 18.2 Å². The molecule has 1 unspecified atom stereocenters. The van der Waals surface area contributed by atoms with E-state index >= 15 is 0 Å². The number of carbonyl (C=O) groups is 1. The van der Waals surface area contributed by atoms with Crippen LogP contribution in [0.25, 0.3) is 10.8 Å². The van der Waals surface area contributed by atoms with Crippen LogP contribution in [0, 0.1) is 5.92 Å². The maximum absolute atomic E-state index is 13.6. The number of pyridine rings is 1. The highest BCUT2D eigenvalue weighted by Crippen LogP contribution is 2.35. The number of methoxy groups -OCH3 is 1. The summed E-state index contributed by atoms with van der Waals surface area (Å²) >= 11 is 0. The molecule has 10 nitrogen and oxygen atoms in total. The van der Waals surface area contributed by atoms with Gasteiger partial charge < -0.3 is 24.4 Å².